The Morgan fingerprint density at radius 3 is 1.60 bits per heavy atom. The Hall–Kier alpha value is 0.210. The third-order valence-electron chi connectivity index (χ3n) is 0. The van der Waals surface area contributed by atoms with Gasteiger partial charge in [-0.1, -0.05) is 6.92 Å². The number of rotatable bonds is 0. The van der Waals surface area contributed by atoms with Gasteiger partial charge in [-0.3, -0.25) is 0 Å². The average molecular weight is 98.6 g/mol. The average Bonchev–Trinajstić information content (AvgIpc) is 0.918. The zero-order valence-corrected chi connectivity index (χ0v) is 4.22. The molecule has 3 heteroatoms. The molecule has 0 heterocycles. The summed E-state index contributed by atoms with van der Waals surface area (Å²) in [6.45, 7) is 2.65. The molecule has 0 unspecified atom stereocenters. The first kappa shape index (κ1) is 18.9. The topological polar surface area (TPSA) is 61.0 Å². The first-order valence-corrected chi connectivity index (χ1v) is 1.12. The largest absolute Gasteiger partial charge is 0.344 e. The highest BCUT2D eigenvalue weighted by Crippen LogP contribution is 1.20. The molecule has 0 atom stereocenters. The van der Waals surface area contributed by atoms with Gasteiger partial charge in [0, 0.05) is 0 Å². The van der Waals surface area contributed by atoms with Gasteiger partial charge in [0.25, 0.3) is 0 Å². The van der Waals surface area contributed by atoms with Crippen molar-refractivity contribution in [1.29, 1.82) is 0 Å². The van der Waals surface area contributed by atoms with E-state index in [0.717, 1.165) is 6.54 Å². The van der Waals surface area contributed by atoms with Crippen molar-refractivity contribution in [2.75, 3.05) is 6.54 Å². The summed E-state index contributed by atoms with van der Waals surface area (Å²) in [5.41, 5.74) is 4.85. The predicted molar refractivity (Wildman–Crippen MR) is 27.0 cm³/mol. The van der Waals surface area contributed by atoms with Crippen LogP contribution in [0.4, 0.5) is 0 Å². The second kappa shape index (κ2) is 29.6. The Kier molecular flexibility index (Phi) is 112. The fourth-order valence-corrected chi connectivity index (χ4v) is 0. The van der Waals surface area contributed by atoms with E-state index in [-0.39, 0.29) is 18.6 Å². The fourth-order valence-electron chi connectivity index (χ4n) is 0. The molecule has 0 spiro atoms. The normalized spacial score (nSPS) is 3.60. The molecule has 36 valence electrons. The van der Waals surface area contributed by atoms with Crippen LogP contribution in [0.2, 0.25) is 0 Å². The quantitative estimate of drug-likeness (QED) is 0.465. The number of nitrogens with two attached hydrogens (primary N) is 1. The van der Waals surface area contributed by atoms with Gasteiger partial charge in [0.1, 0.15) is 0 Å². The Bertz CT molecular complexity index is 7.61. The van der Waals surface area contributed by atoms with Crippen LogP contribution in [-0.2, 0) is 0 Å². The summed E-state index contributed by atoms with van der Waals surface area (Å²) in [7, 11) is 0. The smallest absolute Gasteiger partial charge is 0.0106 e. The molecule has 0 radical (unpaired) electrons. The minimum Gasteiger partial charge on any atom is -0.344 e. The van der Waals surface area contributed by atoms with E-state index >= 15 is 0 Å². The highest BCUT2D eigenvalue weighted by Gasteiger charge is 1.32. The second-order valence-corrected chi connectivity index (χ2v) is 0.408. The maximum absolute atomic E-state index is 4.85. The van der Waals surface area contributed by atoms with Gasteiger partial charge < -0.3 is 11.9 Å². The van der Waals surface area contributed by atoms with Crippen molar-refractivity contribution in [3.63, 3.8) is 0 Å². The molecule has 0 aromatic heterocycles. The molecule has 0 amide bonds. The van der Waals surface area contributed by atoms with E-state index in [4.69, 9.17) is 5.73 Å². The Morgan fingerprint density at radius 2 is 1.60 bits per heavy atom. The molecule has 0 aromatic rings. The first-order valence-electron chi connectivity index (χ1n) is 1.12. The van der Waals surface area contributed by atoms with Crippen LogP contribution >= 0.6 is 12.4 Å². The van der Waals surface area contributed by atoms with Crippen LogP contribution in [0.5, 0.6) is 0 Å². The molecule has 0 fully saturated rings. The lowest BCUT2D eigenvalue weighted by Gasteiger charge is -1.53. The van der Waals surface area contributed by atoms with Crippen LogP contribution < -0.4 is 11.9 Å². The van der Waals surface area contributed by atoms with Crippen molar-refractivity contribution in [3.8, 4) is 0 Å². The number of halogens is 1. The standard InChI is InChI=1S/C2H7N.ClH.H3N/c1-2-3;;/h2-3H2,1H3;1H;1H3. The second-order valence-electron chi connectivity index (χ2n) is 0.408. The molecule has 2 nitrogen and oxygen atoms in total. The van der Waals surface area contributed by atoms with Gasteiger partial charge >= 0.3 is 0 Å². The lowest BCUT2D eigenvalue weighted by Crippen LogP contribution is -1.87. The molecule has 0 aromatic carbocycles. The summed E-state index contributed by atoms with van der Waals surface area (Å²) in [5.74, 6) is 0. The molecule has 5 N–H and O–H groups in total. The van der Waals surface area contributed by atoms with Crippen LogP contribution in [0.15, 0.2) is 0 Å². The van der Waals surface area contributed by atoms with Gasteiger partial charge in [-0.05, 0) is 6.54 Å². The van der Waals surface area contributed by atoms with E-state index in [1.807, 2.05) is 6.92 Å². The maximum Gasteiger partial charge on any atom is -0.0106 e. The molecule has 0 rings (SSSR count). The molecule has 0 aliphatic heterocycles. The predicted octanol–water partition coefficient (Wildman–Crippen LogP) is 0.549. The van der Waals surface area contributed by atoms with Gasteiger partial charge in [-0.2, -0.15) is 0 Å². The van der Waals surface area contributed by atoms with Crippen molar-refractivity contribution in [2.45, 2.75) is 6.92 Å². The molecular formula is C2H11ClN2. The monoisotopic (exact) mass is 98.1 g/mol. The van der Waals surface area contributed by atoms with Crippen molar-refractivity contribution in [1.82, 2.24) is 6.15 Å². The van der Waals surface area contributed by atoms with Crippen LogP contribution in [0.3, 0.4) is 0 Å². The van der Waals surface area contributed by atoms with E-state index in [1.54, 1.807) is 0 Å². The van der Waals surface area contributed by atoms with Gasteiger partial charge in [0.2, 0.25) is 0 Å². The van der Waals surface area contributed by atoms with E-state index in [9.17, 15) is 0 Å². The SMILES string of the molecule is CCN.Cl.N. The van der Waals surface area contributed by atoms with Crippen molar-refractivity contribution >= 4 is 12.4 Å². The van der Waals surface area contributed by atoms with Crippen molar-refractivity contribution in [2.24, 2.45) is 5.73 Å². The third kappa shape index (κ3) is 466. The van der Waals surface area contributed by atoms with E-state index < -0.39 is 0 Å². The molecule has 0 aliphatic carbocycles. The van der Waals surface area contributed by atoms with Gasteiger partial charge in [0.15, 0.2) is 0 Å². The number of hydrogen-bond donors (Lipinski definition) is 2. The fraction of sp³-hybridized carbons (Fsp3) is 1.00. The Morgan fingerprint density at radius 1 is 1.60 bits per heavy atom. The summed E-state index contributed by atoms with van der Waals surface area (Å²) >= 11 is 0. The van der Waals surface area contributed by atoms with Crippen LogP contribution in [0.25, 0.3) is 0 Å². The highest BCUT2D eigenvalue weighted by molar-refractivity contribution is 5.85. The molecular weight excluding hydrogens is 87.5 g/mol. The number of hydrogen-bond acceptors (Lipinski definition) is 2. The van der Waals surface area contributed by atoms with Crippen LogP contribution in [0.1, 0.15) is 6.92 Å². The lowest BCUT2D eigenvalue weighted by molar-refractivity contribution is 1.14. The van der Waals surface area contributed by atoms with Gasteiger partial charge in [-0.15, -0.1) is 12.4 Å². The summed E-state index contributed by atoms with van der Waals surface area (Å²) < 4.78 is 0. The van der Waals surface area contributed by atoms with Crippen molar-refractivity contribution in [3.05, 3.63) is 0 Å². The van der Waals surface area contributed by atoms with Gasteiger partial charge in [0.05, 0.1) is 0 Å². The Labute approximate surface area is 38.7 Å². The summed E-state index contributed by atoms with van der Waals surface area (Å²) in [5, 5.41) is 0. The zero-order chi connectivity index (χ0) is 2.71. The van der Waals surface area contributed by atoms with E-state index in [2.05, 4.69) is 0 Å². The summed E-state index contributed by atoms with van der Waals surface area (Å²) in [6, 6.07) is 0. The summed E-state index contributed by atoms with van der Waals surface area (Å²) in [6.07, 6.45) is 0. The van der Waals surface area contributed by atoms with E-state index in [1.165, 1.54) is 0 Å². The van der Waals surface area contributed by atoms with Crippen LogP contribution in [-0.4, -0.2) is 6.54 Å². The lowest BCUT2D eigenvalue weighted by atomic mass is 10.8. The molecule has 0 aliphatic rings. The minimum atomic E-state index is 0. The molecule has 0 bridgehead atoms. The third-order valence-corrected chi connectivity index (χ3v) is 0. The van der Waals surface area contributed by atoms with Crippen LogP contribution in [0, 0.1) is 0 Å². The summed E-state index contributed by atoms with van der Waals surface area (Å²) in [4.78, 5) is 0. The van der Waals surface area contributed by atoms with E-state index in [0.29, 0.717) is 0 Å². The highest BCUT2D eigenvalue weighted by atomic mass is 35.5. The Balaban J connectivity index is -0.0000000200. The van der Waals surface area contributed by atoms with Crippen molar-refractivity contribution < 1.29 is 0 Å². The minimum absolute atomic E-state index is 0. The molecule has 5 heavy (non-hydrogen) atoms. The van der Waals surface area contributed by atoms with Gasteiger partial charge in [-0.25, -0.2) is 0 Å². The first-order chi connectivity index (χ1) is 1.41. The maximum atomic E-state index is 4.85. The zero-order valence-electron chi connectivity index (χ0n) is 3.40. The molecule has 0 saturated carbocycles. The molecule has 0 saturated heterocycles.